The van der Waals surface area contributed by atoms with Crippen LogP contribution in [0.5, 0.6) is 0 Å². The molecule has 0 radical (unpaired) electrons. The van der Waals surface area contributed by atoms with Crippen LogP contribution in [-0.2, 0) is 4.74 Å². The molecule has 4 rings (SSSR count). The Morgan fingerprint density at radius 1 is 1.33 bits per heavy atom. The van der Waals surface area contributed by atoms with Crippen LogP contribution in [-0.4, -0.2) is 32.1 Å². The lowest BCUT2D eigenvalue weighted by atomic mass is 9.71. The first-order valence-corrected chi connectivity index (χ1v) is 9.29. The van der Waals surface area contributed by atoms with E-state index in [4.69, 9.17) is 4.74 Å². The average molecular weight is 303 g/mol. The number of fused-ring (bicyclic) bond motifs is 1. The van der Waals surface area contributed by atoms with Crippen LogP contribution in [0.3, 0.4) is 0 Å². The molecule has 2 fully saturated rings. The van der Waals surface area contributed by atoms with Gasteiger partial charge in [0.15, 0.2) is 0 Å². The van der Waals surface area contributed by atoms with Crippen molar-refractivity contribution < 1.29 is 4.74 Å². The molecule has 114 valence electrons. The zero-order valence-electron chi connectivity index (χ0n) is 12.8. The Balaban J connectivity index is 1.58. The SMILES string of the molecule is CNCC1(CC2CSc3ccccc32)CCOC1C1CC1. The van der Waals surface area contributed by atoms with E-state index in [9.17, 15) is 0 Å². The maximum Gasteiger partial charge on any atom is 0.0672 e. The van der Waals surface area contributed by atoms with E-state index in [2.05, 4.69) is 36.6 Å². The quantitative estimate of drug-likeness (QED) is 0.897. The van der Waals surface area contributed by atoms with E-state index in [0.717, 1.165) is 19.1 Å². The number of rotatable bonds is 5. The molecular weight excluding hydrogens is 278 g/mol. The summed E-state index contributed by atoms with van der Waals surface area (Å²) in [5, 5.41) is 3.47. The van der Waals surface area contributed by atoms with Gasteiger partial charge < -0.3 is 10.1 Å². The highest BCUT2D eigenvalue weighted by Crippen LogP contribution is 2.54. The van der Waals surface area contributed by atoms with Crippen molar-refractivity contribution in [2.75, 3.05) is 26.0 Å². The van der Waals surface area contributed by atoms with Crippen LogP contribution < -0.4 is 5.32 Å². The summed E-state index contributed by atoms with van der Waals surface area (Å²) in [6.45, 7) is 2.07. The lowest BCUT2D eigenvalue weighted by molar-refractivity contribution is 0.0249. The standard InChI is InChI=1S/C18H25NOS/c1-19-12-18(8-9-20-17(18)13-6-7-13)10-14-11-21-16-5-3-2-4-15(14)16/h2-5,13-14,17,19H,6-12H2,1H3. The van der Waals surface area contributed by atoms with Gasteiger partial charge in [0.25, 0.3) is 0 Å². The van der Waals surface area contributed by atoms with E-state index in [1.807, 2.05) is 11.8 Å². The minimum absolute atomic E-state index is 0.360. The molecule has 0 spiro atoms. The molecule has 0 amide bonds. The Morgan fingerprint density at radius 3 is 3.00 bits per heavy atom. The molecule has 3 heteroatoms. The molecule has 1 saturated carbocycles. The highest BCUT2D eigenvalue weighted by Gasteiger charge is 2.51. The molecule has 21 heavy (non-hydrogen) atoms. The van der Waals surface area contributed by atoms with Crippen molar-refractivity contribution in [2.24, 2.45) is 11.3 Å². The highest BCUT2D eigenvalue weighted by molar-refractivity contribution is 7.99. The molecule has 0 bridgehead atoms. The third kappa shape index (κ3) is 2.54. The fourth-order valence-electron chi connectivity index (χ4n) is 4.46. The summed E-state index contributed by atoms with van der Waals surface area (Å²) in [4.78, 5) is 1.50. The molecule has 2 nitrogen and oxygen atoms in total. The molecule has 1 aromatic carbocycles. The first-order valence-electron chi connectivity index (χ1n) is 8.30. The molecule has 1 aliphatic carbocycles. The summed E-state index contributed by atoms with van der Waals surface area (Å²) in [5.41, 5.74) is 1.94. The Hall–Kier alpha value is -0.510. The van der Waals surface area contributed by atoms with Gasteiger partial charge in [-0.3, -0.25) is 0 Å². The van der Waals surface area contributed by atoms with Crippen molar-refractivity contribution in [3.63, 3.8) is 0 Å². The van der Waals surface area contributed by atoms with Crippen LogP contribution in [0.4, 0.5) is 0 Å². The monoisotopic (exact) mass is 303 g/mol. The summed E-state index contributed by atoms with van der Waals surface area (Å²) < 4.78 is 6.20. The second-order valence-corrected chi connectivity index (χ2v) is 8.08. The van der Waals surface area contributed by atoms with Crippen LogP contribution in [0.1, 0.15) is 37.2 Å². The van der Waals surface area contributed by atoms with Gasteiger partial charge in [-0.25, -0.2) is 0 Å². The van der Waals surface area contributed by atoms with Crippen molar-refractivity contribution in [3.8, 4) is 0 Å². The van der Waals surface area contributed by atoms with E-state index in [-0.39, 0.29) is 0 Å². The molecule has 3 unspecified atom stereocenters. The van der Waals surface area contributed by atoms with Gasteiger partial charge in [0, 0.05) is 29.2 Å². The summed E-state index contributed by atoms with van der Waals surface area (Å²) in [7, 11) is 2.10. The molecule has 0 aromatic heterocycles. The molecular formula is C18H25NOS. The zero-order chi connectivity index (χ0) is 14.3. The molecule has 2 heterocycles. The van der Waals surface area contributed by atoms with Gasteiger partial charge in [-0.1, -0.05) is 18.2 Å². The second-order valence-electron chi connectivity index (χ2n) is 7.02. The van der Waals surface area contributed by atoms with Gasteiger partial charge in [-0.2, -0.15) is 0 Å². The number of benzene rings is 1. The Bertz CT molecular complexity index is 516. The maximum atomic E-state index is 6.20. The molecule has 3 aliphatic rings. The average Bonchev–Trinajstić information content (AvgIpc) is 3.15. The molecule has 1 aromatic rings. The van der Waals surface area contributed by atoms with Crippen molar-refractivity contribution in [3.05, 3.63) is 29.8 Å². The van der Waals surface area contributed by atoms with Gasteiger partial charge in [-0.05, 0) is 56.2 Å². The molecule has 1 N–H and O–H groups in total. The predicted molar refractivity (Wildman–Crippen MR) is 88.0 cm³/mol. The Morgan fingerprint density at radius 2 is 2.19 bits per heavy atom. The number of thioether (sulfide) groups is 1. The normalized spacial score (nSPS) is 35.1. The van der Waals surface area contributed by atoms with Crippen LogP contribution >= 0.6 is 11.8 Å². The third-order valence-electron chi connectivity index (χ3n) is 5.53. The van der Waals surface area contributed by atoms with Gasteiger partial charge in [0.05, 0.1) is 6.10 Å². The second kappa shape index (κ2) is 5.60. The topological polar surface area (TPSA) is 21.3 Å². The van der Waals surface area contributed by atoms with E-state index < -0.39 is 0 Å². The Labute approximate surface area is 132 Å². The van der Waals surface area contributed by atoms with Crippen LogP contribution in [0.2, 0.25) is 0 Å². The lowest BCUT2D eigenvalue weighted by Gasteiger charge is -2.36. The number of hydrogen-bond donors (Lipinski definition) is 1. The fourth-order valence-corrected chi connectivity index (χ4v) is 5.72. The van der Waals surface area contributed by atoms with Gasteiger partial charge >= 0.3 is 0 Å². The molecule has 2 aliphatic heterocycles. The van der Waals surface area contributed by atoms with Crippen LogP contribution in [0, 0.1) is 11.3 Å². The first kappa shape index (κ1) is 14.1. The fraction of sp³-hybridized carbons (Fsp3) is 0.667. The van der Waals surface area contributed by atoms with Crippen molar-refractivity contribution in [1.82, 2.24) is 5.32 Å². The minimum Gasteiger partial charge on any atom is -0.377 e. The molecule has 3 atom stereocenters. The molecule has 1 saturated heterocycles. The largest absolute Gasteiger partial charge is 0.377 e. The summed E-state index contributed by atoms with van der Waals surface area (Å²) >= 11 is 2.04. The highest BCUT2D eigenvalue weighted by atomic mass is 32.2. The van der Waals surface area contributed by atoms with Crippen molar-refractivity contribution in [2.45, 2.75) is 42.6 Å². The number of hydrogen-bond acceptors (Lipinski definition) is 3. The van der Waals surface area contributed by atoms with E-state index in [1.54, 1.807) is 5.56 Å². The zero-order valence-corrected chi connectivity index (χ0v) is 13.6. The van der Waals surface area contributed by atoms with Gasteiger partial charge in [-0.15, -0.1) is 11.8 Å². The van der Waals surface area contributed by atoms with E-state index in [0.29, 0.717) is 17.4 Å². The lowest BCUT2D eigenvalue weighted by Crippen LogP contribution is -2.42. The predicted octanol–water partition coefficient (Wildman–Crippen LogP) is 3.67. The van der Waals surface area contributed by atoms with Gasteiger partial charge in [0.1, 0.15) is 0 Å². The summed E-state index contributed by atoms with van der Waals surface area (Å²) in [6, 6.07) is 9.00. The maximum absolute atomic E-state index is 6.20. The van der Waals surface area contributed by atoms with Crippen LogP contribution in [0.15, 0.2) is 29.2 Å². The summed E-state index contributed by atoms with van der Waals surface area (Å²) in [5.74, 6) is 2.80. The minimum atomic E-state index is 0.360. The third-order valence-corrected chi connectivity index (χ3v) is 6.78. The first-order chi connectivity index (χ1) is 10.3. The van der Waals surface area contributed by atoms with Crippen molar-refractivity contribution >= 4 is 11.8 Å². The van der Waals surface area contributed by atoms with E-state index >= 15 is 0 Å². The van der Waals surface area contributed by atoms with E-state index in [1.165, 1.54) is 36.3 Å². The Kier molecular flexibility index (Phi) is 3.76. The van der Waals surface area contributed by atoms with Crippen molar-refractivity contribution in [1.29, 1.82) is 0 Å². The number of ether oxygens (including phenoxy) is 1. The summed E-state index contributed by atoms with van der Waals surface area (Å²) in [6.07, 6.45) is 5.79. The number of nitrogens with one attached hydrogen (secondary N) is 1. The van der Waals surface area contributed by atoms with Gasteiger partial charge in [0.2, 0.25) is 0 Å². The van der Waals surface area contributed by atoms with Crippen LogP contribution in [0.25, 0.3) is 0 Å². The smallest absolute Gasteiger partial charge is 0.0672 e.